The third-order valence-electron chi connectivity index (χ3n) is 6.56. The second-order valence-corrected chi connectivity index (χ2v) is 10.8. The molecule has 2 aromatic rings. The number of hydrogen-bond donors (Lipinski definition) is 3. The van der Waals surface area contributed by atoms with Crippen LogP contribution in [-0.4, -0.2) is 21.4 Å². The molecule has 1 aliphatic heterocycles. The van der Waals surface area contributed by atoms with Crippen LogP contribution in [0.5, 0.6) is 11.5 Å². The van der Waals surface area contributed by atoms with Gasteiger partial charge in [-0.25, -0.2) is 0 Å². The highest BCUT2D eigenvalue weighted by Gasteiger charge is 2.37. The molecule has 2 aliphatic rings. The Morgan fingerprint density at radius 2 is 1.52 bits per heavy atom. The van der Waals surface area contributed by atoms with E-state index < -0.39 is 11.1 Å². The van der Waals surface area contributed by atoms with E-state index in [1.165, 1.54) is 23.3 Å². The number of nitrogens with one attached hydrogen (secondary N) is 1. The lowest BCUT2D eigenvalue weighted by Crippen LogP contribution is -2.34. The predicted octanol–water partition coefficient (Wildman–Crippen LogP) is 5.75. The van der Waals surface area contributed by atoms with Gasteiger partial charge in [0.25, 0.3) is 11.1 Å². The summed E-state index contributed by atoms with van der Waals surface area (Å²) < 4.78 is 0. The summed E-state index contributed by atoms with van der Waals surface area (Å²) in [6, 6.07) is 7.34. The highest BCUT2D eigenvalue weighted by Crippen LogP contribution is 2.48. The van der Waals surface area contributed by atoms with E-state index in [-0.39, 0.29) is 27.2 Å². The van der Waals surface area contributed by atoms with Crippen molar-refractivity contribution < 1.29 is 19.8 Å². The van der Waals surface area contributed by atoms with Gasteiger partial charge in [-0.1, -0.05) is 33.8 Å². The van der Waals surface area contributed by atoms with Gasteiger partial charge in [0.1, 0.15) is 11.5 Å². The fourth-order valence-corrected chi connectivity index (χ4v) is 5.17. The number of thioether (sulfide) groups is 1. The fourth-order valence-electron chi connectivity index (χ4n) is 4.50. The van der Waals surface area contributed by atoms with Crippen LogP contribution in [0.4, 0.5) is 4.79 Å². The molecule has 6 heteroatoms. The van der Waals surface area contributed by atoms with Crippen LogP contribution in [0, 0.1) is 6.92 Å². The zero-order valence-electron chi connectivity index (χ0n) is 18.4. The molecular weight excluding hydrogens is 410 g/mol. The molecule has 0 radical (unpaired) electrons. The Kier molecular flexibility index (Phi) is 4.97. The molecule has 1 heterocycles. The molecule has 2 aromatic carbocycles. The molecule has 4 rings (SSSR count). The van der Waals surface area contributed by atoms with E-state index in [9.17, 15) is 19.8 Å². The van der Waals surface area contributed by atoms with E-state index in [0.29, 0.717) is 11.1 Å². The van der Waals surface area contributed by atoms with Crippen LogP contribution < -0.4 is 5.32 Å². The molecule has 0 spiro atoms. The van der Waals surface area contributed by atoms with E-state index in [4.69, 9.17) is 0 Å². The third-order valence-corrected chi connectivity index (χ3v) is 7.37. The highest BCUT2D eigenvalue weighted by atomic mass is 32.2. The first-order chi connectivity index (χ1) is 14.4. The van der Waals surface area contributed by atoms with Crippen molar-refractivity contribution in [3.8, 4) is 22.6 Å². The van der Waals surface area contributed by atoms with Crippen LogP contribution in [0.1, 0.15) is 62.8 Å². The van der Waals surface area contributed by atoms with Crippen molar-refractivity contribution >= 4 is 29.0 Å². The molecule has 5 nitrogen and oxygen atoms in total. The second kappa shape index (κ2) is 7.16. The van der Waals surface area contributed by atoms with Gasteiger partial charge in [0, 0.05) is 17.2 Å². The number of amides is 2. The third kappa shape index (κ3) is 3.74. The summed E-state index contributed by atoms with van der Waals surface area (Å²) in [5.74, 6) is -0.674. The number of aromatic hydroxyl groups is 2. The Morgan fingerprint density at radius 1 is 0.903 bits per heavy atom. The van der Waals surface area contributed by atoms with E-state index >= 15 is 0 Å². The van der Waals surface area contributed by atoms with Crippen molar-refractivity contribution in [3.05, 3.63) is 51.4 Å². The van der Waals surface area contributed by atoms with E-state index in [2.05, 4.69) is 45.1 Å². The summed E-state index contributed by atoms with van der Waals surface area (Å²) in [6.45, 7) is 11.1. The Labute approximate surface area is 186 Å². The molecule has 3 N–H and O–H groups in total. The standard InChI is InChI=1S/C25H27NO4S/c1-13-8-17-18(25(4,5)7-6-24(17,2)3)11-15(13)16-9-14(19(27)12-20(16)28)10-21-22(29)26-23(30)31-21/h8-12,27-28H,6-7H2,1-5H3,(H,26,29,30)/b21-10-. The predicted molar refractivity (Wildman–Crippen MR) is 124 cm³/mol. The summed E-state index contributed by atoms with van der Waals surface area (Å²) >= 11 is 0.792. The summed E-state index contributed by atoms with van der Waals surface area (Å²) in [5, 5.41) is 22.8. The summed E-state index contributed by atoms with van der Waals surface area (Å²) in [6.07, 6.45) is 3.67. The number of phenols is 2. The van der Waals surface area contributed by atoms with Crippen molar-refractivity contribution in [1.29, 1.82) is 0 Å². The van der Waals surface area contributed by atoms with Crippen LogP contribution in [0.2, 0.25) is 0 Å². The second-order valence-electron chi connectivity index (χ2n) is 9.76. The molecule has 0 saturated carbocycles. The minimum absolute atomic E-state index is 0.0174. The normalized spacial score (nSPS) is 20.6. The number of rotatable bonds is 2. The maximum atomic E-state index is 11.9. The number of benzene rings is 2. The Hall–Kier alpha value is -2.73. The Bertz CT molecular complexity index is 1160. The number of hydrogen-bond acceptors (Lipinski definition) is 5. The molecule has 1 saturated heterocycles. The first kappa shape index (κ1) is 21.5. The highest BCUT2D eigenvalue weighted by molar-refractivity contribution is 8.18. The van der Waals surface area contributed by atoms with Gasteiger partial charge in [0.15, 0.2) is 0 Å². The van der Waals surface area contributed by atoms with Gasteiger partial charge in [-0.05, 0) is 82.8 Å². The number of phenolic OH excluding ortho intramolecular Hbond substituents is 2. The van der Waals surface area contributed by atoms with Crippen LogP contribution in [0.15, 0.2) is 29.2 Å². The van der Waals surface area contributed by atoms with Crippen molar-refractivity contribution in [2.45, 2.75) is 58.3 Å². The molecule has 1 fully saturated rings. The summed E-state index contributed by atoms with van der Waals surface area (Å²) in [5.41, 5.74) is 5.59. The van der Waals surface area contributed by atoms with Gasteiger partial charge in [0.2, 0.25) is 0 Å². The molecule has 1 aliphatic carbocycles. The SMILES string of the molecule is Cc1cc2c(cc1-c1cc(/C=C3\SC(=O)NC3=O)c(O)cc1O)C(C)(C)CCC2(C)C. The minimum Gasteiger partial charge on any atom is -0.507 e. The summed E-state index contributed by atoms with van der Waals surface area (Å²) in [4.78, 5) is 23.6. The van der Waals surface area contributed by atoms with Gasteiger partial charge in [0.05, 0.1) is 4.91 Å². The molecule has 31 heavy (non-hydrogen) atoms. The van der Waals surface area contributed by atoms with Crippen molar-refractivity contribution in [2.75, 3.05) is 0 Å². The smallest absolute Gasteiger partial charge is 0.290 e. The van der Waals surface area contributed by atoms with Gasteiger partial charge in [-0.3, -0.25) is 14.9 Å². The fraction of sp³-hybridized carbons (Fsp3) is 0.360. The van der Waals surface area contributed by atoms with Crippen LogP contribution in [0.3, 0.4) is 0 Å². The lowest BCUT2D eigenvalue weighted by Gasteiger charge is -2.42. The monoisotopic (exact) mass is 437 g/mol. The number of aryl methyl sites for hydroxylation is 1. The van der Waals surface area contributed by atoms with E-state index in [1.807, 2.05) is 6.92 Å². The van der Waals surface area contributed by atoms with Crippen LogP contribution in [-0.2, 0) is 15.6 Å². The molecule has 162 valence electrons. The van der Waals surface area contributed by atoms with Crippen molar-refractivity contribution in [3.63, 3.8) is 0 Å². The maximum Gasteiger partial charge on any atom is 0.290 e. The van der Waals surface area contributed by atoms with E-state index in [1.54, 1.807) is 6.07 Å². The lowest BCUT2D eigenvalue weighted by atomic mass is 9.62. The molecule has 0 atom stereocenters. The summed E-state index contributed by atoms with van der Waals surface area (Å²) in [7, 11) is 0. The first-order valence-corrected chi connectivity index (χ1v) is 11.2. The molecule has 0 aromatic heterocycles. The Balaban J connectivity index is 1.88. The molecular formula is C25H27NO4S. The number of imide groups is 1. The van der Waals surface area contributed by atoms with Gasteiger partial charge in [-0.2, -0.15) is 0 Å². The zero-order chi connectivity index (χ0) is 22.7. The molecule has 0 unspecified atom stereocenters. The van der Waals surface area contributed by atoms with Gasteiger partial charge >= 0.3 is 0 Å². The maximum absolute atomic E-state index is 11.9. The van der Waals surface area contributed by atoms with Gasteiger partial charge < -0.3 is 10.2 Å². The van der Waals surface area contributed by atoms with Crippen LogP contribution in [0.25, 0.3) is 17.2 Å². The quantitative estimate of drug-likeness (QED) is 0.521. The zero-order valence-corrected chi connectivity index (χ0v) is 19.2. The van der Waals surface area contributed by atoms with E-state index in [0.717, 1.165) is 35.7 Å². The average molecular weight is 438 g/mol. The number of fused-ring (bicyclic) bond motifs is 1. The average Bonchev–Trinajstić information content (AvgIpc) is 2.98. The van der Waals surface area contributed by atoms with Gasteiger partial charge in [-0.15, -0.1) is 0 Å². The topological polar surface area (TPSA) is 86.6 Å². The largest absolute Gasteiger partial charge is 0.507 e. The first-order valence-electron chi connectivity index (χ1n) is 10.4. The molecule has 2 amide bonds. The lowest BCUT2D eigenvalue weighted by molar-refractivity contribution is -0.115. The molecule has 0 bridgehead atoms. The minimum atomic E-state index is -0.488. The van der Waals surface area contributed by atoms with Crippen LogP contribution >= 0.6 is 11.8 Å². The van der Waals surface area contributed by atoms with Crippen molar-refractivity contribution in [1.82, 2.24) is 5.32 Å². The number of carbonyl (C=O) groups excluding carboxylic acids is 2. The Morgan fingerprint density at radius 3 is 2.10 bits per heavy atom. The van der Waals surface area contributed by atoms with Crippen molar-refractivity contribution in [2.24, 2.45) is 0 Å². The number of carbonyl (C=O) groups is 2.